The highest BCUT2D eigenvalue weighted by Gasteiger charge is 2.53. The summed E-state index contributed by atoms with van der Waals surface area (Å²) in [6.45, 7) is 0. The molecular formula is C55H36N2O. The minimum Gasteiger partial charge on any atom is -0.455 e. The molecule has 58 heavy (non-hydrogen) atoms. The van der Waals surface area contributed by atoms with Gasteiger partial charge in [0, 0.05) is 50.3 Å². The van der Waals surface area contributed by atoms with E-state index in [1.165, 1.54) is 44.5 Å². The van der Waals surface area contributed by atoms with Crippen LogP contribution < -0.4 is 9.80 Å². The monoisotopic (exact) mass is 740 g/mol. The van der Waals surface area contributed by atoms with Crippen molar-refractivity contribution in [1.82, 2.24) is 0 Å². The van der Waals surface area contributed by atoms with Gasteiger partial charge in [-0.15, -0.1) is 0 Å². The number of fused-ring (bicyclic) bond motifs is 14. The molecule has 0 N–H and O–H groups in total. The molecule has 1 spiro atoms. The van der Waals surface area contributed by atoms with E-state index in [2.05, 4.69) is 228 Å². The number of para-hydroxylation sites is 5. The Morgan fingerprint density at radius 1 is 0.328 bits per heavy atom. The van der Waals surface area contributed by atoms with E-state index in [-0.39, 0.29) is 0 Å². The van der Waals surface area contributed by atoms with Crippen molar-refractivity contribution in [2.45, 2.75) is 5.41 Å². The molecule has 0 aliphatic heterocycles. The molecule has 0 bridgehead atoms. The first-order valence-corrected chi connectivity index (χ1v) is 19.9. The predicted molar refractivity (Wildman–Crippen MR) is 239 cm³/mol. The molecule has 3 nitrogen and oxygen atoms in total. The van der Waals surface area contributed by atoms with Crippen LogP contribution >= 0.6 is 0 Å². The fourth-order valence-corrected chi connectivity index (χ4v) is 9.97. The highest BCUT2D eigenvalue weighted by molar-refractivity contribution is 6.13. The van der Waals surface area contributed by atoms with Crippen molar-refractivity contribution in [3.8, 4) is 22.3 Å². The Kier molecular flexibility index (Phi) is 7.14. The third kappa shape index (κ3) is 4.56. The van der Waals surface area contributed by atoms with Crippen molar-refractivity contribution < 1.29 is 4.42 Å². The van der Waals surface area contributed by atoms with Crippen molar-refractivity contribution in [3.63, 3.8) is 0 Å². The molecule has 1 aromatic heterocycles. The molecule has 12 rings (SSSR count). The van der Waals surface area contributed by atoms with Crippen LogP contribution in [0.15, 0.2) is 223 Å². The average Bonchev–Trinajstić information content (AvgIpc) is 3.92. The number of anilines is 6. The lowest BCUT2D eigenvalue weighted by Gasteiger charge is -2.34. The zero-order valence-electron chi connectivity index (χ0n) is 31.6. The largest absolute Gasteiger partial charge is 0.455 e. The van der Waals surface area contributed by atoms with E-state index < -0.39 is 5.41 Å². The molecule has 2 aliphatic carbocycles. The minimum atomic E-state index is -0.631. The van der Waals surface area contributed by atoms with Crippen molar-refractivity contribution in [1.29, 1.82) is 0 Å². The van der Waals surface area contributed by atoms with Crippen molar-refractivity contribution in [2.75, 3.05) is 9.80 Å². The van der Waals surface area contributed by atoms with Crippen molar-refractivity contribution >= 4 is 56.1 Å². The summed E-state index contributed by atoms with van der Waals surface area (Å²) in [4.78, 5) is 4.84. The Hall–Kier alpha value is -7.62. The smallest absolute Gasteiger partial charge is 0.143 e. The zero-order chi connectivity index (χ0) is 38.2. The summed E-state index contributed by atoms with van der Waals surface area (Å²) in [6.07, 6.45) is 0. The quantitative estimate of drug-likeness (QED) is 0.169. The minimum absolute atomic E-state index is 0.631. The van der Waals surface area contributed by atoms with Gasteiger partial charge in [0.25, 0.3) is 0 Å². The lowest BCUT2D eigenvalue weighted by atomic mass is 9.70. The number of furan rings is 1. The Bertz CT molecular complexity index is 3090. The highest BCUT2D eigenvalue weighted by Crippen LogP contribution is 2.66. The van der Waals surface area contributed by atoms with Gasteiger partial charge in [0.05, 0.1) is 11.1 Å². The molecule has 0 fully saturated rings. The second kappa shape index (κ2) is 12.7. The first-order valence-electron chi connectivity index (χ1n) is 19.9. The number of benzene rings is 9. The Labute approximate surface area is 337 Å². The van der Waals surface area contributed by atoms with E-state index >= 15 is 0 Å². The summed E-state index contributed by atoms with van der Waals surface area (Å²) in [6, 6.07) is 79.1. The fourth-order valence-electron chi connectivity index (χ4n) is 9.97. The van der Waals surface area contributed by atoms with E-state index in [0.717, 1.165) is 56.1 Å². The van der Waals surface area contributed by atoms with Gasteiger partial charge < -0.3 is 14.2 Å². The van der Waals surface area contributed by atoms with E-state index in [1.54, 1.807) is 0 Å². The molecule has 1 heterocycles. The van der Waals surface area contributed by atoms with Gasteiger partial charge in [0.15, 0.2) is 0 Å². The zero-order valence-corrected chi connectivity index (χ0v) is 31.6. The van der Waals surface area contributed by atoms with Crippen molar-refractivity contribution in [3.05, 3.63) is 241 Å². The van der Waals surface area contributed by atoms with Crippen LogP contribution in [-0.2, 0) is 5.41 Å². The van der Waals surface area contributed by atoms with Crippen LogP contribution in [0.4, 0.5) is 34.1 Å². The van der Waals surface area contributed by atoms with Gasteiger partial charge in [0.1, 0.15) is 11.2 Å². The van der Waals surface area contributed by atoms with Gasteiger partial charge in [-0.25, -0.2) is 0 Å². The Morgan fingerprint density at radius 2 is 0.810 bits per heavy atom. The lowest BCUT2D eigenvalue weighted by Crippen LogP contribution is -2.26. The number of rotatable bonds is 6. The molecule has 0 saturated heterocycles. The van der Waals surface area contributed by atoms with Gasteiger partial charge >= 0.3 is 0 Å². The maximum absolute atomic E-state index is 6.87. The Balaban J connectivity index is 1.26. The molecule has 1 atom stereocenters. The third-order valence-corrected chi connectivity index (χ3v) is 12.2. The topological polar surface area (TPSA) is 19.6 Å². The molecule has 1 unspecified atom stereocenters. The number of hydrogen-bond acceptors (Lipinski definition) is 3. The van der Waals surface area contributed by atoms with Gasteiger partial charge in [-0.1, -0.05) is 152 Å². The normalized spacial score (nSPS) is 14.6. The van der Waals surface area contributed by atoms with Crippen molar-refractivity contribution in [2.24, 2.45) is 0 Å². The standard InChI is InChI=1S/C55H36N2O/c1-5-19-37(20-6-1)56(38-21-7-2-8-22-38)41-35-49-52(50(36-41)57(39-23-9-3-10-24-39)40-25-11-4-12-26-40)44-28-13-16-30-46(44)55(49)47-31-17-14-29-45(47)53-48(55)34-33-43-42-27-15-18-32-51(42)58-54(43)53/h1-36H. The lowest BCUT2D eigenvalue weighted by molar-refractivity contribution is 0.669. The second-order valence-corrected chi connectivity index (χ2v) is 15.2. The van der Waals surface area contributed by atoms with Gasteiger partial charge in [-0.05, 0) is 100 Å². The molecule has 0 saturated carbocycles. The van der Waals surface area contributed by atoms with Crippen LogP contribution in [0.25, 0.3) is 44.2 Å². The maximum Gasteiger partial charge on any atom is 0.143 e. The van der Waals surface area contributed by atoms with Gasteiger partial charge in [-0.3, -0.25) is 0 Å². The summed E-state index contributed by atoms with van der Waals surface area (Å²) >= 11 is 0. The van der Waals surface area contributed by atoms with Crippen LogP contribution in [0.1, 0.15) is 22.3 Å². The van der Waals surface area contributed by atoms with Crippen LogP contribution in [-0.4, -0.2) is 0 Å². The molecule has 10 aromatic rings. The average molecular weight is 741 g/mol. The van der Waals surface area contributed by atoms with Crippen LogP contribution in [0.5, 0.6) is 0 Å². The van der Waals surface area contributed by atoms with Gasteiger partial charge in [-0.2, -0.15) is 0 Å². The summed E-state index contributed by atoms with van der Waals surface area (Å²) in [5.74, 6) is 0. The molecule has 0 radical (unpaired) electrons. The summed E-state index contributed by atoms with van der Waals surface area (Å²) < 4.78 is 6.87. The van der Waals surface area contributed by atoms with Crippen LogP contribution in [0.2, 0.25) is 0 Å². The molecule has 2 aliphatic rings. The second-order valence-electron chi connectivity index (χ2n) is 15.2. The highest BCUT2D eigenvalue weighted by atomic mass is 16.3. The Morgan fingerprint density at radius 3 is 1.40 bits per heavy atom. The van der Waals surface area contributed by atoms with E-state index in [4.69, 9.17) is 4.42 Å². The molecule has 3 heteroatoms. The van der Waals surface area contributed by atoms with E-state index in [1.807, 2.05) is 0 Å². The predicted octanol–water partition coefficient (Wildman–Crippen LogP) is 14.9. The maximum atomic E-state index is 6.87. The van der Waals surface area contributed by atoms with E-state index in [0.29, 0.717) is 0 Å². The first-order chi connectivity index (χ1) is 28.8. The number of nitrogens with zero attached hydrogens (tertiary/aromatic N) is 2. The molecule has 272 valence electrons. The first kappa shape index (κ1) is 32.6. The molecule has 9 aromatic carbocycles. The fraction of sp³-hybridized carbons (Fsp3) is 0.0182. The molecular weight excluding hydrogens is 705 g/mol. The summed E-state index contributed by atoms with van der Waals surface area (Å²) in [5, 5.41) is 2.28. The van der Waals surface area contributed by atoms with Gasteiger partial charge in [0.2, 0.25) is 0 Å². The summed E-state index contributed by atoms with van der Waals surface area (Å²) in [5.41, 5.74) is 17.6. The van der Waals surface area contributed by atoms with Crippen LogP contribution in [0.3, 0.4) is 0 Å². The number of hydrogen-bond donors (Lipinski definition) is 0. The summed E-state index contributed by atoms with van der Waals surface area (Å²) in [7, 11) is 0. The van der Waals surface area contributed by atoms with E-state index in [9.17, 15) is 0 Å². The van der Waals surface area contributed by atoms with Crippen LogP contribution in [0, 0.1) is 0 Å². The third-order valence-electron chi connectivity index (χ3n) is 12.2. The SMILES string of the molecule is c1ccc(N(c2ccccc2)c2cc(N(c3ccccc3)c3ccccc3)c3c(c2)C2(c4ccccc4-3)c3ccccc3-c3c2ccc2c3oc3ccccc32)cc1. The molecule has 0 amide bonds.